The Morgan fingerprint density at radius 2 is 1.33 bits per heavy atom. The molecule has 2 saturated heterocycles. The van der Waals surface area contributed by atoms with Crippen LogP contribution in [0, 0.1) is 0 Å². The number of furan rings is 2. The number of carbonyl (C=O) groups excluding carboxylic acids is 4. The standard InChI is InChI=1S/C15H9F3N2O3.C8H6N2O3/c16-15(17,18)9-3-1-4-10(7-9)20-14(22)12(13(21)19-20)8-11-5-2-6-23-11;11-7-6(8(12)10-9-7)4-5-2-1-3-13-5/h1-8H,(H,19,21);1-4H,(H,9,11)(H,10,12). The van der Waals surface area contributed by atoms with Gasteiger partial charge in [-0.25, -0.2) is 5.01 Å². The fourth-order valence-electron chi connectivity index (χ4n) is 3.07. The van der Waals surface area contributed by atoms with Crippen LogP contribution >= 0.6 is 0 Å². The summed E-state index contributed by atoms with van der Waals surface area (Å²) in [5.41, 5.74) is 5.42. The van der Waals surface area contributed by atoms with E-state index < -0.39 is 35.4 Å². The molecule has 5 rings (SSSR count). The van der Waals surface area contributed by atoms with Gasteiger partial charge in [-0.15, -0.1) is 0 Å². The third kappa shape index (κ3) is 5.19. The first kappa shape index (κ1) is 24.1. The Hall–Kier alpha value is -5.07. The van der Waals surface area contributed by atoms with Crippen molar-refractivity contribution in [2.75, 3.05) is 5.01 Å². The summed E-state index contributed by atoms with van der Waals surface area (Å²) in [7, 11) is 0. The maximum absolute atomic E-state index is 12.7. The van der Waals surface area contributed by atoms with Gasteiger partial charge in [0, 0.05) is 0 Å². The third-order valence-electron chi connectivity index (χ3n) is 4.76. The van der Waals surface area contributed by atoms with Crippen molar-refractivity contribution < 1.29 is 41.2 Å². The molecule has 2 aliphatic rings. The molecule has 2 aliphatic heterocycles. The topological polar surface area (TPSA) is 134 Å². The molecule has 36 heavy (non-hydrogen) atoms. The van der Waals surface area contributed by atoms with E-state index in [0.29, 0.717) is 5.76 Å². The number of hydrogen-bond donors (Lipinski definition) is 3. The molecule has 0 radical (unpaired) electrons. The van der Waals surface area contributed by atoms with Gasteiger partial charge >= 0.3 is 6.18 Å². The Balaban J connectivity index is 0.000000197. The first-order valence-electron chi connectivity index (χ1n) is 10.1. The largest absolute Gasteiger partial charge is 0.465 e. The fourth-order valence-corrected chi connectivity index (χ4v) is 3.07. The minimum atomic E-state index is -4.55. The highest BCUT2D eigenvalue weighted by Crippen LogP contribution is 2.32. The van der Waals surface area contributed by atoms with Crippen molar-refractivity contribution in [3.8, 4) is 0 Å². The Bertz CT molecular complexity index is 1360. The van der Waals surface area contributed by atoms with Gasteiger partial charge in [0.15, 0.2) is 0 Å². The minimum absolute atomic E-state index is 0.0509. The number of amides is 4. The summed E-state index contributed by atoms with van der Waals surface area (Å²) < 4.78 is 48.2. The number of carbonyl (C=O) groups is 4. The molecule has 184 valence electrons. The summed E-state index contributed by atoms with van der Waals surface area (Å²) in [6.07, 6.45) is 0.907. The zero-order chi connectivity index (χ0) is 25.9. The van der Waals surface area contributed by atoms with E-state index in [0.717, 1.165) is 23.2 Å². The monoisotopic (exact) mass is 500 g/mol. The number of halogens is 3. The molecule has 0 spiro atoms. The normalized spacial score (nSPS) is 16.5. The predicted molar refractivity (Wildman–Crippen MR) is 117 cm³/mol. The van der Waals surface area contributed by atoms with Crippen molar-refractivity contribution in [1.29, 1.82) is 0 Å². The van der Waals surface area contributed by atoms with E-state index in [1.807, 2.05) is 0 Å². The molecule has 0 saturated carbocycles. The number of nitrogens with zero attached hydrogens (tertiary/aromatic N) is 1. The van der Waals surface area contributed by atoms with Crippen molar-refractivity contribution in [3.05, 3.63) is 89.3 Å². The number of hydrazine groups is 2. The van der Waals surface area contributed by atoms with E-state index >= 15 is 0 Å². The summed E-state index contributed by atoms with van der Waals surface area (Å²) >= 11 is 0. The van der Waals surface area contributed by atoms with Crippen LogP contribution in [-0.2, 0) is 25.4 Å². The smallest absolute Gasteiger partial charge is 0.416 e. The van der Waals surface area contributed by atoms with Gasteiger partial charge in [-0.05, 0) is 54.6 Å². The summed E-state index contributed by atoms with van der Waals surface area (Å²) in [5.74, 6) is -1.60. The van der Waals surface area contributed by atoms with Crippen molar-refractivity contribution >= 4 is 41.5 Å². The fraction of sp³-hybridized carbons (Fsp3) is 0.0435. The Labute approximate surface area is 200 Å². The van der Waals surface area contributed by atoms with Crippen LogP contribution in [0.25, 0.3) is 12.2 Å². The minimum Gasteiger partial charge on any atom is -0.465 e. The van der Waals surface area contributed by atoms with Crippen LogP contribution in [0.2, 0.25) is 0 Å². The predicted octanol–water partition coefficient (Wildman–Crippen LogP) is 2.58. The van der Waals surface area contributed by atoms with Crippen LogP contribution in [0.15, 0.2) is 81.0 Å². The van der Waals surface area contributed by atoms with Crippen molar-refractivity contribution in [2.45, 2.75) is 6.18 Å². The molecule has 4 heterocycles. The lowest BCUT2D eigenvalue weighted by Crippen LogP contribution is -2.35. The first-order valence-corrected chi connectivity index (χ1v) is 10.1. The first-order chi connectivity index (χ1) is 17.1. The van der Waals surface area contributed by atoms with Crippen molar-refractivity contribution in [2.24, 2.45) is 0 Å². The summed E-state index contributed by atoms with van der Waals surface area (Å²) in [4.78, 5) is 46.1. The van der Waals surface area contributed by atoms with Gasteiger partial charge in [-0.3, -0.25) is 35.5 Å². The molecular weight excluding hydrogens is 485 g/mol. The molecule has 4 amide bonds. The number of alkyl halides is 3. The van der Waals surface area contributed by atoms with Gasteiger partial charge in [0.2, 0.25) is 0 Å². The van der Waals surface area contributed by atoms with Crippen LogP contribution in [0.3, 0.4) is 0 Å². The Morgan fingerprint density at radius 3 is 1.86 bits per heavy atom. The molecular formula is C23H15F3N4O6. The summed E-state index contributed by atoms with van der Waals surface area (Å²) in [5, 5.41) is 0.770. The molecule has 0 aliphatic carbocycles. The number of hydrogen-bond acceptors (Lipinski definition) is 6. The molecule has 3 N–H and O–H groups in total. The van der Waals surface area contributed by atoms with Gasteiger partial charge in [-0.2, -0.15) is 13.2 Å². The van der Waals surface area contributed by atoms with Gasteiger partial charge < -0.3 is 8.83 Å². The van der Waals surface area contributed by atoms with Crippen LogP contribution in [0.4, 0.5) is 18.9 Å². The molecule has 0 unspecified atom stereocenters. The van der Waals surface area contributed by atoms with Crippen LogP contribution in [0.1, 0.15) is 17.1 Å². The van der Waals surface area contributed by atoms with Crippen molar-refractivity contribution in [3.63, 3.8) is 0 Å². The molecule has 2 aromatic heterocycles. The summed E-state index contributed by atoms with van der Waals surface area (Å²) in [6.45, 7) is 0. The number of anilines is 1. The second-order valence-corrected chi connectivity index (χ2v) is 7.18. The molecule has 2 fully saturated rings. The van der Waals surface area contributed by atoms with Gasteiger partial charge in [-0.1, -0.05) is 6.07 Å². The lowest BCUT2D eigenvalue weighted by Gasteiger charge is -2.16. The lowest BCUT2D eigenvalue weighted by atomic mass is 10.1. The quantitative estimate of drug-likeness (QED) is 0.374. The van der Waals surface area contributed by atoms with Gasteiger partial charge in [0.05, 0.1) is 23.8 Å². The van der Waals surface area contributed by atoms with Gasteiger partial charge in [0.25, 0.3) is 23.6 Å². The molecule has 1 aromatic carbocycles. The molecule has 0 atom stereocenters. The zero-order valence-corrected chi connectivity index (χ0v) is 18.0. The van der Waals surface area contributed by atoms with E-state index in [1.165, 1.54) is 30.7 Å². The zero-order valence-electron chi connectivity index (χ0n) is 18.0. The van der Waals surface area contributed by atoms with Crippen LogP contribution in [0.5, 0.6) is 0 Å². The van der Waals surface area contributed by atoms with E-state index in [9.17, 15) is 32.3 Å². The average molecular weight is 500 g/mol. The van der Waals surface area contributed by atoms with E-state index in [4.69, 9.17) is 8.83 Å². The highest BCUT2D eigenvalue weighted by Gasteiger charge is 2.36. The van der Waals surface area contributed by atoms with Crippen LogP contribution in [-0.4, -0.2) is 23.6 Å². The maximum atomic E-state index is 12.7. The molecule has 0 bridgehead atoms. The molecule has 3 aromatic rings. The Morgan fingerprint density at radius 1 is 0.750 bits per heavy atom. The maximum Gasteiger partial charge on any atom is 0.416 e. The van der Waals surface area contributed by atoms with E-state index in [-0.39, 0.29) is 22.6 Å². The number of benzene rings is 1. The average Bonchev–Trinajstić information content (AvgIpc) is 3.64. The lowest BCUT2D eigenvalue weighted by molar-refractivity contribution is -0.137. The number of rotatable bonds is 3. The number of nitrogens with one attached hydrogen (secondary N) is 3. The van der Waals surface area contributed by atoms with E-state index in [2.05, 4.69) is 16.3 Å². The summed E-state index contributed by atoms with van der Waals surface area (Å²) in [6, 6.07) is 10.6. The van der Waals surface area contributed by atoms with Crippen molar-refractivity contribution in [1.82, 2.24) is 16.3 Å². The highest BCUT2D eigenvalue weighted by molar-refractivity contribution is 6.31. The third-order valence-corrected chi connectivity index (χ3v) is 4.76. The molecule has 10 nitrogen and oxygen atoms in total. The Kier molecular flexibility index (Phi) is 6.46. The van der Waals surface area contributed by atoms with Crippen LogP contribution < -0.4 is 21.3 Å². The second-order valence-electron chi connectivity index (χ2n) is 7.18. The highest BCUT2D eigenvalue weighted by atomic mass is 19.4. The SMILES string of the molecule is O=C1NN(c2cccc(C(F)(F)F)c2)C(=O)C1=Cc1ccco1.O=C1NNC(=O)C1=Cc1ccco1. The second kappa shape index (κ2) is 9.66. The molecule has 13 heteroatoms. The van der Waals surface area contributed by atoms with E-state index in [1.54, 1.807) is 24.3 Å². The van der Waals surface area contributed by atoms with Gasteiger partial charge in [0.1, 0.15) is 22.7 Å².